The van der Waals surface area contributed by atoms with E-state index in [0.717, 1.165) is 29.6 Å². The molecular formula is C17H28N2OS. The Bertz CT molecular complexity index is 419. The first-order valence-corrected chi connectivity index (χ1v) is 8.12. The molecule has 0 fully saturated rings. The Morgan fingerprint density at radius 1 is 1.10 bits per heavy atom. The van der Waals surface area contributed by atoms with Gasteiger partial charge in [-0.05, 0) is 55.2 Å². The first kappa shape index (κ1) is 17.8. The van der Waals surface area contributed by atoms with E-state index in [1.54, 1.807) is 0 Å². The van der Waals surface area contributed by atoms with Gasteiger partial charge in [0.05, 0.1) is 6.61 Å². The molecule has 1 aromatic rings. The van der Waals surface area contributed by atoms with Gasteiger partial charge in [0, 0.05) is 18.8 Å². The lowest BCUT2D eigenvalue weighted by atomic mass is 10.1. The molecule has 3 nitrogen and oxygen atoms in total. The van der Waals surface area contributed by atoms with E-state index in [1.807, 2.05) is 31.2 Å². The lowest BCUT2D eigenvalue weighted by Gasteiger charge is -2.29. The summed E-state index contributed by atoms with van der Waals surface area (Å²) >= 11 is 5.56. The summed E-state index contributed by atoms with van der Waals surface area (Å²) in [7, 11) is 0. The average molecular weight is 308 g/mol. The van der Waals surface area contributed by atoms with Gasteiger partial charge in [0.15, 0.2) is 5.11 Å². The number of nitrogens with zero attached hydrogens (tertiary/aromatic N) is 1. The van der Waals surface area contributed by atoms with Crippen LogP contribution in [0.5, 0.6) is 5.75 Å². The molecule has 0 bridgehead atoms. The summed E-state index contributed by atoms with van der Waals surface area (Å²) in [5.41, 5.74) is 1.00. The minimum atomic E-state index is 0.587. The molecule has 0 saturated heterocycles. The third-order valence-electron chi connectivity index (χ3n) is 2.87. The van der Waals surface area contributed by atoms with Crippen molar-refractivity contribution in [1.29, 1.82) is 0 Å². The molecule has 0 aromatic heterocycles. The second kappa shape index (κ2) is 8.88. The predicted molar refractivity (Wildman–Crippen MR) is 95.1 cm³/mol. The fraction of sp³-hybridized carbons (Fsp3) is 0.588. The molecule has 1 rings (SSSR count). The fourth-order valence-corrected chi connectivity index (χ4v) is 2.39. The molecule has 0 atom stereocenters. The topological polar surface area (TPSA) is 24.5 Å². The molecule has 0 amide bonds. The molecule has 0 heterocycles. The highest BCUT2D eigenvalue weighted by Gasteiger charge is 2.13. The number of benzene rings is 1. The zero-order valence-electron chi connectivity index (χ0n) is 13.8. The van der Waals surface area contributed by atoms with Crippen molar-refractivity contribution in [2.75, 3.05) is 25.0 Å². The largest absolute Gasteiger partial charge is 0.494 e. The van der Waals surface area contributed by atoms with Crippen LogP contribution in [0.3, 0.4) is 0 Å². The van der Waals surface area contributed by atoms with Crippen LogP contribution in [0.2, 0.25) is 0 Å². The van der Waals surface area contributed by atoms with Crippen LogP contribution >= 0.6 is 12.2 Å². The summed E-state index contributed by atoms with van der Waals surface area (Å²) in [6.45, 7) is 13.5. The van der Waals surface area contributed by atoms with Gasteiger partial charge >= 0.3 is 0 Å². The minimum Gasteiger partial charge on any atom is -0.494 e. The van der Waals surface area contributed by atoms with Crippen LogP contribution in [0.1, 0.15) is 34.6 Å². The van der Waals surface area contributed by atoms with Crippen LogP contribution < -0.4 is 10.1 Å². The highest BCUT2D eigenvalue weighted by atomic mass is 32.1. The van der Waals surface area contributed by atoms with Crippen molar-refractivity contribution in [1.82, 2.24) is 4.90 Å². The van der Waals surface area contributed by atoms with Crippen molar-refractivity contribution in [3.63, 3.8) is 0 Å². The van der Waals surface area contributed by atoms with Crippen LogP contribution in [-0.2, 0) is 0 Å². The zero-order chi connectivity index (χ0) is 15.8. The number of hydrogen-bond donors (Lipinski definition) is 1. The van der Waals surface area contributed by atoms with Crippen LogP contribution in [-0.4, -0.2) is 29.7 Å². The molecule has 0 spiro atoms. The van der Waals surface area contributed by atoms with Crippen LogP contribution in [0.25, 0.3) is 0 Å². The van der Waals surface area contributed by atoms with E-state index in [4.69, 9.17) is 17.0 Å². The van der Waals surface area contributed by atoms with Gasteiger partial charge in [-0.25, -0.2) is 0 Å². The molecule has 0 aliphatic carbocycles. The monoisotopic (exact) mass is 308 g/mol. The van der Waals surface area contributed by atoms with Crippen molar-refractivity contribution < 1.29 is 4.74 Å². The molecule has 118 valence electrons. The third kappa shape index (κ3) is 6.80. The zero-order valence-corrected chi connectivity index (χ0v) is 14.7. The Hall–Kier alpha value is -1.29. The van der Waals surface area contributed by atoms with Crippen molar-refractivity contribution >= 4 is 23.0 Å². The van der Waals surface area contributed by atoms with Gasteiger partial charge in [-0.2, -0.15) is 0 Å². The Kier molecular flexibility index (Phi) is 7.51. The van der Waals surface area contributed by atoms with Crippen LogP contribution in [0, 0.1) is 11.8 Å². The molecule has 0 aliphatic rings. The Morgan fingerprint density at radius 3 is 2.05 bits per heavy atom. The second-order valence-electron chi connectivity index (χ2n) is 6.08. The number of thiocarbonyl (C=S) groups is 1. The maximum Gasteiger partial charge on any atom is 0.173 e. The maximum atomic E-state index is 5.56. The summed E-state index contributed by atoms with van der Waals surface area (Å²) in [6.07, 6.45) is 0. The minimum absolute atomic E-state index is 0.587. The van der Waals surface area contributed by atoms with Gasteiger partial charge in [0.25, 0.3) is 0 Å². The molecule has 21 heavy (non-hydrogen) atoms. The predicted octanol–water partition coefficient (Wildman–Crippen LogP) is 4.40. The molecule has 0 unspecified atom stereocenters. The van der Waals surface area contributed by atoms with Gasteiger partial charge in [-0.1, -0.05) is 27.7 Å². The molecule has 0 saturated carbocycles. The highest BCUT2D eigenvalue weighted by Crippen LogP contribution is 2.16. The number of rotatable bonds is 7. The van der Waals surface area contributed by atoms with Crippen molar-refractivity contribution in [2.45, 2.75) is 34.6 Å². The third-order valence-corrected chi connectivity index (χ3v) is 3.24. The summed E-state index contributed by atoms with van der Waals surface area (Å²) in [5.74, 6) is 2.06. The first-order valence-electron chi connectivity index (χ1n) is 7.71. The molecule has 1 aromatic carbocycles. The first-order chi connectivity index (χ1) is 9.92. The Balaban J connectivity index is 2.66. The van der Waals surface area contributed by atoms with Gasteiger partial charge in [-0.15, -0.1) is 0 Å². The number of hydrogen-bond acceptors (Lipinski definition) is 2. The SMILES string of the molecule is CCOc1ccc(NC(=S)N(CC(C)C)CC(C)C)cc1. The van der Waals surface area contributed by atoms with Gasteiger partial charge < -0.3 is 15.0 Å². The van der Waals surface area contributed by atoms with Crippen LogP contribution in [0.15, 0.2) is 24.3 Å². The lowest BCUT2D eigenvalue weighted by Crippen LogP contribution is -2.39. The molecular weight excluding hydrogens is 280 g/mol. The van der Waals surface area contributed by atoms with Crippen molar-refractivity contribution in [3.8, 4) is 5.75 Å². The number of nitrogens with one attached hydrogen (secondary N) is 1. The number of anilines is 1. The fourth-order valence-electron chi connectivity index (χ4n) is 2.13. The van der Waals surface area contributed by atoms with Gasteiger partial charge in [-0.3, -0.25) is 0 Å². The maximum absolute atomic E-state index is 5.56. The average Bonchev–Trinajstić information content (AvgIpc) is 2.39. The molecule has 0 aliphatic heterocycles. The van der Waals surface area contributed by atoms with E-state index >= 15 is 0 Å². The van der Waals surface area contributed by atoms with E-state index in [1.165, 1.54) is 0 Å². The molecule has 0 radical (unpaired) electrons. The van der Waals surface area contributed by atoms with E-state index in [-0.39, 0.29) is 0 Å². The Morgan fingerprint density at radius 2 is 1.62 bits per heavy atom. The smallest absolute Gasteiger partial charge is 0.173 e. The highest BCUT2D eigenvalue weighted by molar-refractivity contribution is 7.80. The van der Waals surface area contributed by atoms with Crippen LogP contribution in [0.4, 0.5) is 5.69 Å². The number of ether oxygens (including phenoxy) is 1. The second-order valence-corrected chi connectivity index (χ2v) is 6.47. The quantitative estimate of drug-likeness (QED) is 0.755. The molecule has 4 heteroatoms. The molecule has 1 N–H and O–H groups in total. The normalized spacial score (nSPS) is 10.8. The summed E-state index contributed by atoms with van der Waals surface area (Å²) < 4.78 is 5.45. The van der Waals surface area contributed by atoms with Crippen molar-refractivity contribution in [3.05, 3.63) is 24.3 Å². The Labute approximate surface area is 134 Å². The summed E-state index contributed by atoms with van der Waals surface area (Å²) in [6, 6.07) is 7.92. The van der Waals surface area contributed by atoms with E-state index in [9.17, 15) is 0 Å². The lowest BCUT2D eigenvalue weighted by molar-refractivity contribution is 0.332. The van der Waals surface area contributed by atoms with Crippen molar-refractivity contribution in [2.24, 2.45) is 11.8 Å². The summed E-state index contributed by atoms with van der Waals surface area (Å²) in [5, 5.41) is 4.12. The van der Waals surface area contributed by atoms with Gasteiger partial charge in [0.1, 0.15) is 5.75 Å². The van der Waals surface area contributed by atoms with Gasteiger partial charge in [0.2, 0.25) is 0 Å². The van der Waals surface area contributed by atoms with E-state index in [0.29, 0.717) is 18.4 Å². The standard InChI is InChI=1S/C17H28N2OS/c1-6-20-16-9-7-15(8-10-16)18-17(21)19(11-13(2)3)12-14(4)5/h7-10,13-14H,6,11-12H2,1-5H3,(H,18,21). The van der Waals surface area contributed by atoms with E-state index in [2.05, 4.69) is 37.9 Å². The van der Waals surface area contributed by atoms with E-state index < -0.39 is 0 Å². The summed E-state index contributed by atoms with van der Waals surface area (Å²) in [4.78, 5) is 2.25.